The SMILES string of the molecule is CCC1(CC)CCN(C(=O)Nc2ccc(CN)cc2)CC1. The van der Waals surface area contributed by atoms with Gasteiger partial charge in [0.1, 0.15) is 0 Å². The zero-order valence-electron chi connectivity index (χ0n) is 13.2. The lowest BCUT2D eigenvalue weighted by atomic mass is 9.74. The highest BCUT2D eigenvalue weighted by molar-refractivity contribution is 5.89. The zero-order chi connectivity index (χ0) is 15.3. The molecule has 0 atom stereocenters. The molecular weight excluding hydrogens is 262 g/mol. The molecule has 1 aliphatic heterocycles. The second kappa shape index (κ2) is 6.94. The molecule has 2 rings (SSSR count). The fourth-order valence-corrected chi connectivity index (χ4v) is 3.07. The molecule has 3 N–H and O–H groups in total. The lowest BCUT2D eigenvalue weighted by Crippen LogP contribution is -2.44. The van der Waals surface area contributed by atoms with Crippen LogP contribution in [0.1, 0.15) is 45.1 Å². The van der Waals surface area contributed by atoms with E-state index in [1.54, 1.807) is 0 Å². The molecule has 4 heteroatoms. The number of urea groups is 1. The first kappa shape index (κ1) is 15.8. The van der Waals surface area contributed by atoms with Crippen LogP contribution in [0.15, 0.2) is 24.3 Å². The number of rotatable bonds is 4. The van der Waals surface area contributed by atoms with Crippen LogP contribution in [0, 0.1) is 5.41 Å². The average Bonchev–Trinajstić information content (AvgIpc) is 2.55. The maximum atomic E-state index is 12.3. The van der Waals surface area contributed by atoms with Crippen LogP contribution in [0.25, 0.3) is 0 Å². The smallest absolute Gasteiger partial charge is 0.321 e. The van der Waals surface area contributed by atoms with E-state index < -0.39 is 0 Å². The van der Waals surface area contributed by atoms with Gasteiger partial charge in [-0.2, -0.15) is 0 Å². The number of carbonyl (C=O) groups is 1. The number of piperidine rings is 1. The maximum Gasteiger partial charge on any atom is 0.321 e. The summed E-state index contributed by atoms with van der Waals surface area (Å²) < 4.78 is 0. The zero-order valence-corrected chi connectivity index (χ0v) is 13.2. The van der Waals surface area contributed by atoms with Crippen LogP contribution in [0.5, 0.6) is 0 Å². The van der Waals surface area contributed by atoms with E-state index in [0.29, 0.717) is 12.0 Å². The van der Waals surface area contributed by atoms with Gasteiger partial charge < -0.3 is 16.0 Å². The number of nitrogens with two attached hydrogens (primary N) is 1. The quantitative estimate of drug-likeness (QED) is 0.890. The number of anilines is 1. The summed E-state index contributed by atoms with van der Waals surface area (Å²) in [7, 11) is 0. The topological polar surface area (TPSA) is 58.4 Å². The average molecular weight is 289 g/mol. The van der Waals surface area contributed by atoms with Gasteiger partial charge in [-0.1, -0.05) is 38.8 Å². The van der Waals surface area contributed by atoms with E-state index in [1.165, 1.54) is 12.8 Å². The summed E-state index contributed by atoms with van der Waals surface area (Å²) in [4.78, 5) is 14.2. The van der Waals surface area contributed by atoms with Gasteiger partial charge in [-0.25, -0.2) is 4.79 Å². The minimum absolute atomic E-state index is 0.0105. The molecule has 0 radical (unpaired) electrons. The molecule has 0 bridgehead atoms. The van der Waals surface area contributed by atoms with Gasteiger partial charge in [-0.3, -0.25) is 0 Å². The summed E-state index contributed by atoms with van der Waals surface area (Å²) in [6, 6.07) is 7.73. The molecule has 0 aromatic heterocycles. The van der Waals surface area contributed by atoms with Gasteiger partial charge in [0, 0.05) is 25.3 Å². The Morgan fingerprint density at radius 1 is 1.19 bits per heavy atom. The lowest BCUT2D eigenvalue weighted by molar-refractivity contribution is 0.114. The molecule has 0 saturated carbocycles. The Kier molecular flexibility index (Phi) is 5.23. The number of benzene rings is 1. The van der Waals surface area contributed by atoms with Crippen molar-refractivity contribution in [3.63, 3.8) is 0 Å². The van der Waals surface area contributed by atoms with E-state index in [-0.39, 0.29) is 6.03 Å². The number of carbonyl (C=O) groups excluding carboxylic acids is 1. The maximum absolute atomic E-state index is 12.3. The van der Waals surface area contributed by atoms with Crippen LogP contribution in [0.2, 0.25) is 0 Å². The number of amides is 2. The van der Waals surface area contributed by atoms with Crippen LogP contribution in [0.4, 0.5) is 10.5 Å². The van der Waals surface area contributed by atoms with E-state index in [0.717, 1.165) is 37.2 Å². The van der Waals surface area contributed by atoms with Crippen LogP contribution < -0.4 is 11.1 Å². The fourth-order valence-electron chi connectivity index (χ4n) is 3.07. The lowest BCUT2D eigenvalue weighted by Gasteiger charge is -2.40. The summed E-state index contributed by atoms with van der Waals surface area (Å²) in [6.07, 6.45) is 4.64. The van der Waals surface area contributed by atoms with Gasteiger partial charge in [0.05, 0.1) is 0 Å². The number of likely N-dealkylation sites (tertiary alicyclic amines) is 1. The molecule has 21 heavy (non-hydrogen) atoms. The number of hydrogen-bond donors (Lipinski definition) is 2. The van der Waals surface area contributed by atoms with Crippen molar-refractivity contribution in [1.82, 2.24) is 4.90 Å². The second-order valence-corrected chi connectivity index (χ2v) is 6.03. The molecule has 1 fully saturated rings. The highest BCUT2D eigenvalue weighted by Crippen LogP contribution is 2.37. The van der Waals surface area contributed by atoms with Crippen molar-refractivity contribution < 1.29 is 4.79 Å². The van der Waals surface area contributed by atoms with Gasteiger partial charge in [0.2, 0.25) is 0 Å². The van der Waals surface area contributed by atoms with E-state index in [1.807, 2.05) is 29.2 Å². The number of nitrogens with one attached hydrogen (secondary N) is 1. The first-order valence-corrected chi connectivity index (χ1v) is 7.97. The summed E-state index contributed by atoms with van der Waals surface area (Å²) in [5.74, 6) is 0. The second-order valence-electron chi connectivity index (χ2n) is 6.03. The molecule has 116 valence electrons. The first-order chi connectivity index (χ1) is 10.1. The van der Waals surface area contributed by atoms with E-state index in [4.69, 9.17) is 5.73 Å². The summed E-state index contributed by atoms with van der Waals surface area (Å²) >= 11 is 0. The molecule has 1 aromatic rings. The van der Waals surface area contributed by atoms with Crippen molar-refractivity contribution in [2.45, 2.75) is 46.1 Å². The Morgan fingerprint density at radius 2 is 1.76 bits per heavy atom. The summed E-state index contributed by atoms with van der Waals surface area (Å²) in [5.41, 5.74) is 7.92. The van der Waals surface area contributed by atoms with Gasteiger partial charge in [0.15, 0.2) is 0 Å². The van der Waals surface area contributed by atoms with Crippen LogP contribution in [-0.2, 0) is 6.54 Å². The van der Waals surface area contributed by atoms with E-state index >= 15 is 0 Å². The summed E-state index contributed by atoms with van der Waals surface area (Å²) in [6.45, 7) is 6.76. The van der Waals surface area contributed by atoms with Crippen LogP contribution >= 0.6 is 0 Å². The Bertz CT molecular complexity index is 455. The van der Waals surface area contributed by atoms with E-state index in [9.17, 15) is 4.79 Å². The molecule has 1 saturated heterocycles. The monoisotopic (exact) mass is 289 g/mol. The van der Waals surface area contributed by atoms with Gasteiger partial charge in [-0.15, -0.1) is 0 Å². The Morgan fingerprint density at radius 3 is 2.24 bits per heavy atom. The third-order valence-electron chi connectivity index (χ3n) is 5.05. The third kappa shape index (κ3) is 3.76. The molecule has 4 nitrogen and oxygen atoms in total. The Hall–Kier alpha value is -1.55. The molecule has 1 aliphatic rings. The summed E-state index contributed by atoms with van der Waals surface area (Å²) in [5, 5.41) is 2.97. The predicted octanol–water partition coefficient (Wildman–Crippen LogP) is 3.58. The van der Waals surface area contributed by atoms with Gasteiger partial charge in [-0.05, 0) is 36.0 Å². The first-order valence-electron chi connectivity index (χ1n) is 7.97. The van der Waals surface area contributed by atoms with Crippen molar-refractivity contribution in [3.8, 4) is 0 Å². The van der Waals surface area contributed by atoms with Gasteiger partial charge >= 0.3 is 6.03 Å². The fraction of sp³-hybridized carbons (Fsp3) is 0.588. The molecule has 0 unspecified atom stereocenters. The standard InChI is InChI=1S/C17H27N3O/c1-3-17(4-2)9-11-20(12-10-17)16(21)19-15-7-5-14(13-18)6-8-15/h5-8H,3-4,9-13,18H2,1-2H3,(H,19,21). The van der Waals surface area contributed by atoms with Crippen LogP contribution in [-0.4, -0.2) is 24.0 Å². The predicted molar refractivity (Wildman–Crippen MR) is 87.2 cm³/mol. The van der Waals surface area contributed by atoms with E-state index in [2.05, 4.69) is 19.2 Å². The molecule has 0 aliphatic carbocycles. The number of nitrogens with zero attached hydrogens (tertiary/aromatic N) is 1. The van der Waals surface area contributed by atoms with Crippen molar-refractivity contribution in [2.75, 3.05) is 18.4 Å². The normalized spacial score (nSPS) is 17.6. The molecule has 2 amide bonds. The molecule has 0 spiro atoms. The van der Waals surface area contributed by atoms with Crippen molar-refractivity contribution in [2.24, 2.45) is 11.1 Å². The minimum Gasteiger partial charge on any atom is -0.326 e. The van der Waals surface area contributed by atoms with Crippen molar-refractivity contribution in [3.05, 3.63) is 29.8 Å². The molecule has 1 heterocycles. The Labute approximate surface area is 127 Å². The van der Waals surface area contributed by atoms with Crippen molar-refractivity contribution >= 4 is 11.7 Å². The molecular formula is C17H27N3O. The van der Waals surface area contributed by atoms with Crippen molar-refractivity contribution in [1.29, 1.82) is 0 Å². The Balaban J connectivity index is 1.89. The van der Waals surface area contributed by atoms with Crippen LogP contribution in [0.3, 0.4) is 0 Å². The number of hydrogen-bond acceptors (Lipinski definition) is 2. The minimum atomic E-state index is 0.0105. The largest absolute Gasteiger partial charge is 0.326 e. The highest BCUT2D eigenvalue weighted by atomic mass is 16.2. The third-order valence-corrected chi connectivity index (χ3v) is 5.05. The molecule has 1 aromatic carbocycles. The van der Waals surface area contributed by atoms with Gasteiger partial charge in [0.25, 0.3) is 0 Å². The highest BCUT2D eigenvalue weighted by Gasteiger charge is 2.32.